The van der Waals surface area contributed by atoms with Crippen LogP contribution in [0.25, 0.3) is 0 Å². The number of rotatable bonds is 4. The summed E-state index contributed by atoms with van der Waals surface area (Å²) in [7, 11) is 0. The van der Waals surface area contributed by atoms with Crippen LogP contribution in [0.3, 0.4) is 0 Å². The number of hydrogen-bond donors (Lipinski definition) is 2. The maximum absolute atomic E-state index is 12.9. The molecule has 5 nitrogen and oxygen atoms in total. The summed E-state index contributed by atoms with van der Waals surface area (Å²) in [4.78, 5) is 22.2. The van der Waals surface area contributed by atoms with E-state index in [0.29, 0.717) is 45.9 Å². The molecule has 1 aromatic heterocycles. The van der Waals surface area contributed by atoms with Gasteiger partial charge in [-0.2, -0.15) is 4.98 Å². The molecule has 0 amide bonds. The first-order valence-corrected chi connectivity index (χ1v) is 10.0. The van der Waals surface area contributed by atoms with Crippen molar-refractivity contribution in [2.45, 2.75) is 26.7 Å². The normalized spacial score (nSPS) is 15.0. The lowest BCUT2D eigenvalue weighted by Crippen LogP contribution is -2.29. The summed E-state index contributed by atoms with van der Waals surface area (Å²) in [6, 6.07) is 14.8. The van der Waals surface area contributed by atoms with E-state index in [0.717, 1.165) is 11.4 Å². The van der Waals surface area contributed by atoms with Crippen LogP contribution < -0.4 is 10.6 Å². The minimum atomic E-state index is -0.154. The molecule has 1 aliphatic carbocycles. The second-order valence-electron chi connectivity index (χ2n) is 7.93. The first-order chi connectivity index (χ1) is 13.8. The van der Waals surface area contributed by atoms with Gasteiger partial charge in [-0.15, -0.1) is 0 Å². The second kappa shape index (κ2) is 7.65. The number of benzene rings is 2. The van der Waals surface area contributed by atoms with Crippen molar-refractivity contribution in [2.75, 3.05) is 10.6 Å². The van der Waals surface area contributed by atoms with Gasteiger partial charge in [0.1, 0.15) is 5.82 Å². The fourth-order valence-electron chi connectivity index (χ4n) is 3.53. The van der Waals surface area contributed by atoms with Gasteiger partial charge in [-0.3, -0.25) is 4.79 Å². The third kappa shape index (κ3) is 4.52. The number of fused-ring (bicyclic) bond motifs is 1. The molecule has 2 N–H and O–H groups in total. The molecule has 7 heteroatoms. The van der Waals surface area contributed by atoms with Crippen LogP contribution in [0, 0.1) is 5.41 Å². The zero-order chi connectivity index (χ0) is 20.6. The van der Waals surface area contributed by atoms with E-state index in [2.05, 4.69) is 34.4 Å². The van der Waals surface area contributed by atoms with E-state index in [-0.39, 0.29) is 11.2 Å². The van der Waals surface area contributed by atoms with E-state index >= 15 is 0 Å². The quantitative estimate of drug-likeness (QED) is 0.503. The topological polar surface area (TPSA) is 66.9 Å². The monoisotopic (exact) mass is 426 g/mol. The Bertz CT molecular complexity index is 1060. The molecular weight excluding hydrogens is 407 g/mol. The van der Waals surface area contributed by atoms with Crippen molar-refractivity contribution in [3.05, 3.63) is 69.8 Å². The molecule has 0 saturated carbocycles. The second-order valence-corrected chi connectivity index (χ2v) is 8.81. The van der Waals surface area contributed by atoms with E-state index in [1.165, 1.54) is 0 Å². The number of carbonyl (C=O) groups excluding carboxylic acids is 1. The zero-order valence-corrected chi connectivity index (χ0v) is 17.6. The van der Waals surface area contributed by atoms with Gasteiger partial charge in [-0.05, 0) is 42.2 Å². The van der Waals surface area contributed by atoms with E-state index in [4.69, 9.17) is 23.2 Å². The number of carbonyl (C=O) groups is 1. The summed E-state index contributed by atoms with van der Waals surface area (Å²) in [6.07, 6.45) is 1.13. The van der Waals surface area contributed by atoms with E-state index in [9.17, 15) is 4.79 Å². The average molecular weight is 427 g/mol. The third-order valence-corrected chi connectivity index (χ3v) is 5.14. The van der Waals surface area contributed by atoms with Gasteiger partial charge in [0.2, 0.25) is 5.95 Å². The number of aromatic nitrogens is 2. The number of anilines is 4. The molecule has 0 spiro atoms. The van der Waals surface area contributed by atoms with E-state index in [1.807, 2.05) is 30.3 Å². The van der Waals surface area contributed by atoms with Crippen molar-refractivity contribution in [3.8, 4) is 0 Å². The molecule has 0 fully saturated rings. The van der Waals surface area contributed by atoms with Gasteiger partial charge >= 0.3 is 0 Å². The molecule has 148 valence electrons. The summed E-state index contributed by atoms with van der Waals surface area (Å²) in [6.45, 7) is 4.15. The molecule has 0 bridgehead atoms. The van der Waals surface area contributed by atoms with Crippen molar-refractivity contribution in [2.24, 2.45) is 5.41 Å². The molecule has 3 aromatic rings. The largest absolute Gasteiger partial charge is 0.339 e. The highest BCUT2D eigenvalue weighted by atomic mass is 35.5. The number of halogens is 2. The summed E-state index contributed by atoms with van der Waals surface area (Å²) in [5, 5.41) is 7.43. The summed E-state index contributed by atoms with van der Waals surface area (Å²) in [5.74, 6) is 0.904. The predicted molar refractivity (Wildman–Crippen MR) is 118 cm³/mol. The van der Waals surface area contributed by atoms with Crippen LogP contribution in [0.15, 0.2) is 48.5 Å². The van der Waals surface area contributed by atoms with Crippen LogP contribution in [0.5, 0.6) is 0 Å². The van der Waals surface area contributed by atoms with Crippen LogP contribution >= 0.6 is 23.2 Å². The number of nitrogens with one attached hydrogen (secondary N) is 2. The molecule has 29 heavy (non-hydrogen) atoms. The van der Waals surface area contributed by atoms with Crippen molar-refractivity contribution in [1.29, 1.82) is 0 Å². The predicted octanol–water partition coefficient (Wildman–Crippen LogP) is 6.43. The first-order valence-electron chi connectivity index (χ1n) is 9.28. The van der Waals surface area contributed by atoms with Crippen LogP contribution in [-0.2, 0) is 6.42 Å². The minimum Gasteiger partial charge on any atom is -0.339 e. The lowest BCUT2D eigenvalue weighted by molar-refractivity contribution is 0.0911. The Balaban J connectivity index is 1.79. The molecular formula is C22H20Cl2N4O. The lowest BCUT2D eigenvalue weighted by Gasteiger charge is -2.30. The van der Waals surface area contributed by atoms with E-state index < -0.39 is 0 Å². The number of para-hydroxylation sites is 1. The number of ketones is 1. The van der Waals surface area contributed by atoms with Crippen molar-refractivity contribution in [3.63, 3.8) is 0 Å². The standard InChI is InChI=1S/C22H20Cl2N4O/c1-22(2)11-17-19(18(29)12-22)20(25-16-9-13(23)8-14(24)10-16)28-21(27-17)26-15-6-4-3-5-7-15/h3-10H,11-12H2,1-2H3,(H2,25,26,27,28). The zero-order valence-electron chi connectivity index (χ0n) is 16.1. The van der Waals surface area contributed by atoms with Gasteiger partial charge < -0.3 is 10.6 Å². The fourth-order valence-corrected chi connectivity index (χ4v) is 4.05. The van der Waals surface area contributed by atoms with Gasteiger partial charge in [0, 0.05) is 27.8 Å². The Morgan fingerprint density at radius 1 is 0.897 bits per heavy atom. The molecule has 0 aliphatic heterocycles. The molecule has 0 saturated heterocycles. The van der Waals surface area contributed by atoms with Gasteiger partial charge in [0.25, 0.3) is 0 Å². The Morgan fingerprint density at radius 3 is 2.28 bits per heavy atom. The molecule has 1 aliphatic rings. The highest BCUT2D eigenvalue weighted by molar-refractivity contribution is 6.35. The van der Waals surface area contributed by atoms with Crippen LogP contribution in [-0.4, -0.2) is 15.8 Å². The molecule has 0 radical (unpaired) electrons. The van der Waals surface area contributed by atoms with Crippen molar-refractivity contribution in [1.82, 2.24) is 9.97 Å². The van der Waals surface area contributed by atoms with Gasteiger partial charge in [0.05, 0.1) is 11.3 Å². The lowest BCUT2D eigenvalue weighted by atomic mass is 9.75. The summed E-state index contributed by atoms with van der Waals surface area (Å²) >= 11 is 12.3. The third-order valence-electron chi connectivity index (χ3n) is 4.70. The maximum atomic E-state index is 12.9. The minimum absolute atomic E-state index is 0.0261. The van der Waals surface area contributed by atoms with Crippen molar-refractivity contribution < 1.29 is 4.79 Å². The van der Waals surface area contributed by atoms with Crippen molar-refractivity contribution >= 4 is 52.1 Å². The van der Waals surface area contributed by atoms with Gasteiger partial charge in [-0.1, -0.05) is 55.2 Å². The Labute approximate surface area is 179 Å². The Morgan fingerprint density at radius 2 is 1.59 bits per heavy atom. The first kappa shape index (κ1) is 19.7. The maximum Gasteiger partial charge on any atom is 0.229 e. The summed E-state index contributed by atoms with van der Waals surface area (Å²) in [5.41, 5.74) is 2.63. The van der Waals surface area contributed by atoms with Crippen LogP contribution in [0.1, 0.15) is 36.3 Å². The SMILES string of the molecule is CC1(C)CC(=O)c2c(nc(Nc3ccccc3)nc2Nc2cc(Cl)cc(Cl)c2)C1. The molecule has 0 unspecified atom stereocenters. The molecule has 4 rings (SSSR count). The van der Waals surface area contributed by atoms with E-state index in [1.54, 1.807) is 18.2 Å². The molecule has 1 heterocycles. The highest BCUT2D eigenvalue weighted by Crippen LogP contribution is 2.38. The fraction of sp³-hybridized carbons (Fsp3) is 0.227. The molecule has 2 aromatic carbocycles. The number of nitrogens with zero attached hydrogens (tertiary/aromatic N) is 2. The van der Waals surface area contributed by atoms with Gasteiger partial charge in [-0.25, -0.2) is 4.98 Å². The summed E-state index contributed by atoms with van der Waals surface area (Å²) < 4.78 is 0. The Hall–Kier alpha value is -2.63. The molecule has 0 atom stereocenters. The number of hydrogen-bond acceptors (Lipinski definition) is 5. The Kier molecular flexibility index (Phi) is 5.19. The van der Waals surface area contributed by atoms with Gasteiger partial charge in [0.15, 0.2) is 5.78 Å². The van der Waals surface area contributed by atoms with Crippen LogP contribution in [0.2, 0.25) is 10.0 Å². The number of Topliss-reactive ketones (excluding diaryl/α,β-unsaturated/α-hetero) is 1. The van der Waals surface area contributed by atoms with Crippen LogP contribution in [0.4, 0.5) is 23.1 Å². The smallest absolute Gasteiger partial charge is 0.229 e. The highest BCUT2D eigenvalue weighted by Gasteiger charge is 2.35. The average Bonchev–Trinajstić information content (AvgIpc) is 2.60.